The van der Waals surface area contributed by atoms with Crippen LogP contribution in [-0.2, 0) is 0 Å². The summed E-state index contributed by atoms with van der Waals surface area (Å²) in [5.74, 6) is 1.61. The molecule has 4 nitrogen and oxygen atoms in total. The summed E-state index contributed by atoms with van der Waals surface area (Å²) in [5.41, 5.74) is 7.71. The van der Waals surface area contributed by atoms with Crippen LogP contribution in [0.1, 0.15) is 37.1 Å². The number of nitrogens with two attached hydrogens (primary N) is 1. The van der Waals surface area contributed by atoms with Crippen molar-refractivity contribution in [3.63, 3.8) is 0 Å². The van der Waals surface area contributed by atoms with E-state index in [9.17, 15) is 0 Å². The summed E-state index contributed by atoms with van der Waals surface area (Å²) in [5, 5.41) is 4.03. The normalized spacial score (nSPS) is 12.6. The van der Waals surface area contributed by atoms with Gasteiger partial charge in [-0.3, -0.25) is 0 Å². The molecule has 1 unspecified atom stereocenters. The summed E-state index contributed by atoms with van der Waals surface area (Å²) in [6, 6.07) is 8.11. The van der Waals surface area contributed by atoms with Crippen LogP contribution in [0.15, 0.2) is 28.8 Å². The van der Waals surface area contributed by atoms with Crippen molar-refractivity contribution >= 4 is 0 Å². The van der Waals surface area contributed by atoms with E-state index in [0.717, 1.165) is 18.4 Å². The summed E-state index contributed by atoms with van der Waals surface area (Å²) in [6.45, 7) is 4.84. The summed E-state index contributed by atoms with van der Waals surface area (Å²) >= 11 is 0. The molecule has 0 fully saturated rings. The summed E-state index contributed by atoms with van der Waals surface area (Å²) in [6.07, 6.45) is 1.95. The molecule has 0 aliphatic rings. The van der Waals surface area contributed by atoms with Gasteiger partial charge in [0.2, 0.25) is 11.7 Å². The quantitative estimate of drug-likeness (QED) is 0.879. The molecule has 0 aliphatic heterocycles. The average molecular weight is 245 g/mol. The van der Waals surface area contributed by atoms with Gasteiger partial charge in [0, 0.05) is 11.5 Å². The second-order valence-electron chi connectivity index (χ2n) is 4.65. The number of hydrogen-bond acceptors (Lipinski definition) is 4. The van der Waals surface area contributed by atoms with E-state index >= 15 is 0 Å². The standard InChI is InChI=1S/C14H19N3O/c1-10-5-7-12(8-6-10)13-16-14(18-17-13)11(2)4-3-9-15/h5-8,11H,3-4,9,15H2,1-2H3. The monoisotopic (exact) mass is 245 g/mol. The molecular weight excluding hydrogens is 226 g/mol. The first kappa shape index (κ1) is 12.8. The summed E-state index contributed by atoms with van der Waals surface area (Å²) < 4.78 is 5.31. The van der Waals surface area contributed by atoms with Gasteiger partial charge in [0.05, 0.1) is 0 Å². The van der Waals surface area contributed by atoms with Crippen LogP contribution >= 0.6 is 0 Å². The van der Waals surface area contributed by atoms with Crippen LogP contribution in [0, 0.1) is 6.92 Å². The molecule has 1 atom stereocenters. The molecule has 1 heterocycles. The van der Waals surface area contributed by atoms with Crippen LogP contribution in [0.3, 0.4) is 0 Å². The number of benzene rings is 1. The third-order valence-electron chi connectivity index (χ3n) is 3.01. The fourth-order valence-electron chi connectivity index (χ4n) is 1.80. The molecule has 0 saturated heterocycles. The molecule has 4 heteroatoms. The third-order valence-corrected chi connectivity index (χ3v) is 3.01. The van der Waals surface area contributed by atoms with Crippen molar-refractivity contribution < 1.29 is 4.52 Å². The first-order valence-corrected chi connectivity index (χ1v) is 6.31. The lowest BCUT2D eigenvalue weighted by atomic mass is 10.1. The predicted octanol–water partition coefficient (Wildman–Crippen LogP) is 2.89. The summed E-state index contributed by atoms with van der Waals surface area (Å²) in [7, 11) is 0. The number of aromatic nitrogens is 2. The van der Waals surface area contributed by atoms with Crippen LogP contribution in [0.25, 0.3) is 11.4 Å². The largest absolute Gasteiger partial charge is 0.339 e. The van der Waals surface area contributed by atoms with E-state index in [4.69, 9.17) is 10.3 Å². The SMILES string of the molecule is Cc1ccc(-c2noc(C(C)CCCN)n2)cc1. The van der Waals surface area contributed by atoms with Gasteiger partial charge >= 0.3 is 0 Å². The van der Waals surface area contributed by atoms with E-state index in [1.807, 2.05) is 24.3 Å². The fraction of sp³-hybridized carbons (Fsp3) is 0.429. The zero-order valence-corrected chi connectivity index (χ0v) is 10.9. The molecule has 0 spiro atoms. The lowest BCUT2D eigenvalue weighted by Gasteiger charge is -2.03. The maximum Gasteiger partial charge on any atom is 0.229 e. The van der Waals surface area contributed by atoms with Crippen molar-refractivity contribution in [3.05, 3.63) is 35.7 Å². The van der Waals surface area contributed by atoms with Crippen molar-refractivity contribution in [1.29, 1.82) is 0 Å². The number of nitrogens with zero attached hydrogens (tertiary/aromatic N) is 2. The van der Waals surface area contributed by atoms with Crippen molar-refractivity contribution in [3.8, 4) is 11.4 Å². The Morgan fingerprint density at radius 1 is 1.28 bits per heavy atom. The molecule has 18 heavy (non-hydrogen) atoms. The number of aryl methyl sites for hydroxylation is 1. The second kappa shape index (κ2) is 5.78. The van der Waals surface area contributed by atoms with E-state index in [1.54, 1.807) is 0 Å². The Labute approximate surface area is 107 Å². The molecule has 2 N–H and O–H groups in total. The minimum Gasteiger partial charge on any atom is -0.339 e. The number of hydrogen-bond donors (Lipinski definition) is 1. The Bertz CT molecular complexity index is 490. The third kappa shape index (κ3) is 2.96. The molecule has 0 bridgehead atoms. The first-order chi connectivity index (χ1) is 8.70. The molecule has 2 rings (SSSR count). The van der Waals surface area contributed by atoms with E-state index in [1.165, 1.54) is 5.56 Å². The fourth-order valence-corrected chi connectivity index (χ4v) is 1.80. The highest BCUT2D eigenvalue weighted by Crippen LogP contribution is 2.22. The van der Waals surface area contributed by atoms with Gasteiger partial charge < -0.3 is 10.3 Å². The van der Waals surface area contributed by atoms with Crippen molar-refractivity contribution in [2.45, 2.75) is 32.6 Å². The van der Waals surface area contributed by atoms with Gasteiger partial charge in [-0.25, -0.2) is 0 Å². The molecule has 0 aliphatic carbocycles. The van der Waals surface area contributed by atoms with E-state index in [0.29, 0.717) is 18.3 Å². The van der Waals surface area contributed by atoms with Crippen LogP contribution in [-0.4, -0.2) is 16.7 Å². The van der Waals surface area contributed by atoms with E-state index < -0.39 is 0 Å². The first-order valence-electron chi connectivity index (χ1n) is 6.31. The summed E-state index contributed by atoms with van der Waals surface area (Å²) in [4.78, 5) is 4.44. The van der Waals surface area contributed by atoms with Gasteiger partial charge in [0.15, 0.2) is 0 Å². The van der Waals surface area contributed by atoms with Crippen molar-refractivity contribution in [2.24, 2.45) is 5.73 Å². The molecule has 0 amide bonds. The highest BCUT2D eigenvalue weighted by atomic mass is 16.5. The Morgan fingerprint density at radius 2 is 2.00 bits per heavy atom. The minimum atomic E-state index is 0.264. The Hall–Kier alpha value is -1.68. The lowest BCUT2D eigenvalue weighted by Crippen LogP contribution is -2.02. The molecule has 1 aromatic carbocycles. The van der Waals surface area contributed by atoms with Crippen molar-refractivity contribution in [1.82, 2.24) is 10.1 Å². The molecular formula is C14H19N3O. The van der Waals surface area contributed by atoms with Crippen LogP contribution in [0.5, 0.6) is 0 Å². The highest BCUT2D eigenvalue weighted by molar-refractivity contribution is 5.54. The zero-order chi connectivity index (χ0) is 13.0. The van der Waals surface area contributed by atoms with Gasteiger partial charge in [-0.1, -0.05) is 41.9 Å². The van der Waals surface area contributed by atoms with Crippen LogP contribution in [0.2, 0.25) is 0 Å². The Morgan fingerprint density at radius 3 is 2.67 bits per heavy atom. The average Bonchev–Trinajstić information content (AvgIpc) is 2.86. The molecule has 96 valence electrons. The minimum absolute atomic E-state index is 0.264. The van der Waals surface area contributed by atoms with Crippen LogP contribution < -0.4 is 5.73 Å². The number of rotatable bonds is 5. The van der Waals surface area contributed by atoms with Gasteiger partial charge in [-0.15, -0.1) is 0 Å². The van der Waals surface area contributed by atoms with Gasteiger partial charge in [0.25, 0.3) is 0 Å². The van der Waals surface area contributed by atoms with Gasteiger partial charge in [-0.2, -0.15) is 4.98 Å². The molecule has 0 radical (unpaired) electrons. The maximum absolute atomic E-state index is 5.50. The Kier molecular flexibility index (Phi) is 4.10. The molecule has 1 aromatic heterocycles. The molecule has 2 aromatic rings. The van der Waals surface area contributed by atoms with E-state index in [2.05, 4.69) is 24.0 Å². The van der Waals surface area contributed by atoms with Gasteiger partial charge in [0.1, 0.15) is 0 Å². The van der Waals surface area contributed by atoms with E-state index in [-0.39, 0.29) is 5.92 Å². The second-order valence-corrected chi connectivity index (χ2v) is 4.65. The maximum atomic E-state index is 5.50. The highest BCUT2D eigenvalue weighted by Gasteiger charge is 2.14. The smallest absolute Gasteiger partial charge is 0.229 e. The van der Waals surface area contributed by atoms with Gasteiger partial charge in [-0.05, 0) is 26.3 Å². The Balaban J connectivity index is 2.12. The zero-order valence-electron chi connectivity index (χ0n) is 10.9. The lowest BCUT2D eigenvalue weighted by molar-refractivity contribution is 0.352. The topological polar surface area (TPSA) is 64.9 Å². The van der Waals surface area contributed by atoms with Crippen LogP contribution in [0.4, 0.5) is 0 Å². The predicted molar refractivity (Wildman–Crippen MR) is 71.2 cm³/mol. The van der Waals surface area contributed by atoms with Crippen molar-refractivity contribution in [2.75, 3.05) is 6.54 Å². The molecule has 0 saturated carbocycles.